The average Bonchev–Trinajstić information content (AvgIpc) is 3.12. The van der Waals surface area contributed by atoms with E-state index in [0.29, 0.717) is 30.2 Å². The Morgan fingerprint density at radius 1 is 1.10 bits per heavy atom. The highest BCUT2D eigenvalue weighted by atomic mass is 16.5. The molecule has 2 heterocycles. The summed E-state index contributed by atoms with van der Waals surface area (Å²) in [7, 11) is 3.17. The van der Waals surface area contributed by atoms with E-state index in [2.05, 4.69) is 11.9 Å². The van der Waals surface area contributed by atoms with Gasteiger partial charge >= 0.3 is 6.03 Å². The maximum absolute atomic E-state index is 13.6. The van der Waals surface area contributed by atoms with Gasteiger partial charge in [0.25, 0.3) is 5.91 Å². The summed E-state index contributed by atoms with van der Waals surface area (Å²) in [6, 6.07) is 4.93. The summed E-state index contributed by atoms with van der Waals surface area (Å²) < 4.78 is 10.8. The summed E-state index contributed by atoms with van der Waals surface area (Å²) in [5.74, 6) is 1.24. The predicted molar refractivity (Wildman–Crippen MR) is 113 cm³/mol. The van der Waals surface area contributed by atoms with Crippen molar-refractivity contribution >= 4 is 11.9 Å². The topological polar surface area (TPSA) is 71.1 Å². The molecule has 0 saturated heterocycles. The largest absolute Gasteiger partial charge is 0.497 e. The van der Waals surface area contributed by atoms with E-state index < -0.39 is 6.04 Å². The molecule has 7 heteroatoms. The molecule has 0 radical (unpaired) electrons. The molecule has 1 aliphatic carbocycles. The van der Waals surface area contributed by atoms with Crippen LogP contribution < -0.4 is 14.8 Å². The van der Waals surface area contributed by atoms with Gasteiger partial charge in [-0.05, 0) is 30.5 Å². The van der Waals surface area contributed by atoms with Crippen LogP contribution in [-0.4, -0.2) is 55.1 Å². The number of nitrogens with zero attached hydrogens (tertiary/aromatic N) is 2. The first-order valence-corrected chi connectivity index (χ1v) is 10.5. The van der Waals surface area contributed by atoms with Crippen molar-refractivity contribution in [1.82, 2.24) is 15.1 Å². The lowest BCUT2D eigenvalue weighted by Gasteiger charge is -2.33. The third kappa shape index (κ3) is 3.53. The second-order valence-corrected chi connectivity index (χ2v) is 8.01. The molecule has 1 aromatic carbocycles. The Balaban J connectivity index is 1.76. The molecule has 7 nitrogen and oxygen atoms in total. The number of amides is 3. The van der Waals surface area contributed by atoms with Gasteiger partial charge in [-0.15, -0.1) is 6.58 Å². The van der Waals surface area contributed by atoms with Gasteiger partial charge in [0.2, 0.25) is 0 Å². The number of hydrogen-bond acceptors (Lipinski definition) is 4. The smallest absolute Gasteiger partial charge is 0.322 e. The van der Waals surface area contributed by atoms with Crippen molar-refractivity contribution in [2.75, 3.05) is 27.3 Å². The summed E-state index contributed by atoms with van der Waals surface area (Å²) in [4.78, 5) is 30.1. The molecular weight excluding hydrogens is 382 g/mol. The molecule has 1 fully saturated rings. The predicted octanol–water partition coefficient (Wildman–Crippen LogP) is 3.39. The van der Waals surface area contributed by atoms with Crippen LogP contribution in [-0.2, 0) is 4.79 Å². The molecule has 2 aliphatic heterocycles. The lowest BCUT2D eigenvalue weighted by Crippen LogP contribution is -2.47. The fourth-order valence-electron chi connectivity index (χ4n) is 4.77. The first kappa shape index (κ1) is 20.3. The number of benzene rings is 1. The zero-order chi connectivity index (χ0) is 21.3. The molecule has 0 aromatic heterocycles. The standard InChI is InChI=1S/C23H29N3O4/c1-4-10-25-19-14-26(16-8-6-5-7-9-16)22(27)20(19)21(24-23(25)28)15-11-17(29-2)13-18(12-15)30-3/h4,11-13,16,21H,1,5-10,14H2,2-3H3,(H,24,28)/t21-/m1/s1. The van der Waals surface area contributed by atoms with E-state index in [1.54, 1.807) is 31.3 Å². The number of hydrogen-bond donors (Lipinski definition) is 1. The number of nitrogens with one attached hydrogen (secondary N) is 1. The van der Waals surface area contributed by atoms with Crippen LogP contribution in [0.3, 0.4) is 0 Å². The Labute approximate surface area is 177 Å². The average molecular weight is 412 g/mol. The molecule has 3 amide bonds. The minimum atomic E-state index is -0.543. The molecule has 1 atom stereocenters. The number of rotatable bonds is 6. The van der Waals surface area contributed by atoms with E-state index in [1.165, 1.54) is 6.42 Å². The van der Waals surface area contributed by atoms with Crippen LogP contribution in [0.25, 0.3) is 0 Å². The third-order valence-electron chi connectivity index (χ3n) is 6.28. The second kappa shape index (κ2) is 8.42. The summed E-state index contributed by atoms with van der Waals surface area (Å²) in [5.41, 5.74) is 2.18. The summed E-state index contributed by atoms with van der Waals surface area (Å²) >= 11 is 0. The van der Waals surface area contributed by atoms with Crippen LogP contribution in [0.1, 0.15) is 43.7 Å². The highest BCUT2D eigenvalue weighted by molar-refractivity contribution is 6.01. The quantitative estimate of drug-likeness (QED) is 0.729. The van der Waals surface area contributed by atoms with Gasteiger partial charge in [-0.2, -0.15) is 0 Å². The van der Waals surface area contributed by atoms with Crippen molar-refractivity contribution in [2.24, 2.45) is 0 Å². The van der Waals surface area contributed by atoms with Crippen molar-refractivity contribution in [3.8, 4) is 11.5 Å². The van der Waals surface area contributed by atoms with Gasteiger partial charge in [-0.25, -0.2) is 4.79 Å². The molecule has 0 bridgehead atoms. The number of urea groups is 1. The van der Waals surface area contributed by atoms with Crippen LogP contribution in [0.2, 0.25) is 0 Å². The van der Waals surface area contributed by atoms with Gasteiger partial charge in [0, 0.05) is 18.7 Å². The minimum Gasteiger partial charge on any atom is -0.497 e. The Morgan fingerprint density at radius 3 is 2.37 bits per heavy atom. The zero-order valence-electron chi connectivity index (χ0n) is 17.6. The summed E-state index contributed by atoms with van der Waals surface area (Å²) in [6.07, 6.45) is 7.24. The normalized spacial score (nSPS) is 22.1. The van der Waals surface area contributed by atoms with Crippen molar-refractivity contribution in [1.29, 1.82) is 0 Å². The number of methoxy groups -OCH3 is 2. The zero-order valence-corrected chi connectivity index (χ0v) is 17.6. The first-order valence-electron chi connectivity index (χ1n) is 10.5. The van der Waals surface area contributed by atoms with Crippen LogP contribution >= 0.6 is 0 Å². The third-order valence-corrected chi connectivity index (χ3v) is 6.28. The van der Waals surface area contributed by atoms with E-state index in [0.717, 1.165) is 36.9 Å². The monoisotopic (exact) mass is 411 g/mol. The SMILES string of the molecule is C=CCN1C(=O)N[C@H](c2cc(OC)cc(OC)c2)C2=C1CN(C1CCCCC1)C2=O. The van der Waals surface area contributed by atoms with Crippen LogP contribution in [0.15, 0.2) is 42.1 Å². The first-order chi connectivity index (χ1) is 14.6. The lowest BCUT2D eigenvalue weighted by atomic mass is 9.93. The van der Waals surface area contributed by atoms with Crippen molar-refractivity contribution in [3.63, 3.8) is 0 Å². The molecule has 160 valence electrons. The van der Waals surface area contributed by atoms with Crippen molar-refractivity contribution in [3.05, 3.63) is 47.7 Å². The lowest BCUT2D eigenvalue weighted by molar-refractivity contribution is -0.128. The molecule has 4 rings (SSSR count). The molecule has 0 unspecified atom stereocenters. The highest BCUT2D eigenvalue weighted by Gasteiger charge is 2.45. The fraction of sp³-hybridized carbons (Fsp3) is 0.478. The highest BCUT2D eigenvalue weighted by Crippen LogP contribution is 2.40. The minimum absolute atomic E-state index is 0.0118. The molecule has 3 aliphatic rings. The van der Waals surface area contributed by atoms with E-state index in [-0.39, 0.29) is 18.0 Å². The van der Waals surface area contributed by atoms with Gasteiger partial charge in [0.15, 0.2) is 0 Å². The van der Waals surface area contributed by atoms with Gasteiger partial charge in [-0.1, -0.05) is 25.3 Å². The summed E-state index contributed by atoms with van der Waals surface area (Å²) in [5, 5.41) is 3.02. The van der Waals surface area contributed by atoms with Gasteiger partial charge in [0.1, 0.15) is 11.5 Å². The van der Waals surface area contributed by atoms with Gasteiger partial charge in [-0.3, -0.25) is 9.69 Å². The van der Waals surface area contributed by atoms with Crippen LogP contribution in [0.5, 0.6) is 11.5 Å². The van der Waals surface area contributed by atoms with Gasteiger partial charge < -0.3 is 19.7 Å². The summed E-state index contributed by atoms with van der Waals surface area (Å²) in [6.45, 7) is 4.61. The Hall–Kier alpha value is -2.96. The molecular formula is C23H29N3O4. The van der Waals surface area contributed by atoms with Crippen LogP contribution in [0, 0.1) is 0 Å². The Bertz CT molecular complexity index is 866. The van der Waals surface area contributed by atoms with E-state index in [4.69, 9.17) is 9.47 Å². The molecule has 1 saturated carbocycles. The molecule has 1 aromatic rings. The second-order valence-electron chi connectivity index (χ2n) is 8.01. The van der Waals surface area contributed by atoms with Crippen LogP contribution in [0.4, 0.5) is 4.79 Å². The number of carbonyl (C=O) groups excluding carboxylic acids is 2. The van der Waals surface area contributed by atoms with Gasteiger partial charge in [0.05, 0.1) is 38.1 Å². The van der Waals surface area contributed by atoms with Crippen molar-refractivity contribution < 1.29 is 19.1 Å². The Kier molecular flexibility index (Phi) is 5.70. The fourth-order valence-corrected chi connectivity index (χ4v) is 4.77. The molecule has 0 spiro atoms. The van der Waals surface area contributed by atoms with E-state index >= 15 is 0 Å². The molecule has 30 heavy (non-hydrogen) atoms. The van der Waals surface area contributed by atoms with E-state index in [9.17, 15) is 9.59 Å². The maximum Gasteiger partial charge on any atom is 0.322 e. The van der Waals surface area contributed by atoms with E-state index in [1.807, 2.05) is 17.0 Å². The number of ether oxygens (including phenoxy) is 2. The maximum atomic E-state index is 13.6. The van der Waals surface area contributed by atoms with Crippen molar-refractivity contribution in [2.45, 2.75) is 44.2 Å². The molecule has 1 N–H and O–H groups in total. The number of carbonyl (C=O) groups is 2. The Morgan fingerprint density at radius 2 is 1.77 bits per heavy atom.